The highest BCUT2D eigenvalue weighted by molar-refractivity contribution is 7.14. The Bertz CT molecular complexity index is 849. The zero-order valence-electron chi connectivity index (χ0n) is 13.7. The first-order valence-corrected chi connectivity index (χ1v) is 9.24. The van der Waals surface area contributed by atoms with E-state index in [1.54, 1.807) is 16.0 Å². The number of fused-ring (bicyclic) bond motifs is 1. The first kappa shape index (κ1) is 16.0. The van der Waals surface area contributed by atoms with Gasteiger partial charge < -0.3 is 4.74 Å². The normalized spacial score (nSPS) is 13.9. The first-order valence-electron chi connectivity index (χ1n) is 8.42. The lowest BCUT2D eigenvalue weighted by molar-refractivity contribution is 0.0465. The van der Waals surface area contributed by atoms with Crippen LogP contribution in [0.4, 0.5) is 0 Å². The molecule has 128 valence electrons. The average molecular weight is 354 g/mol. The van der Waals surface area contributed by atoms with Crippen LogP contribution in [0.1, 0.15) is 45.2 Å². The summed E-state index contributed by atoms with van der Waals surface area (Å²) in [7, 11) is 0. The smallest absolute Gasteiger partial charge is 0.348 e. The Morgan fingerprint density at radius 3 is 2.88 bits per heavy atom. The molecule has 0 radical (unpaired) electrons. The Labute approximate surface area is 149 Å². The third-order valence-corrected chi connectivity index (χ3v) is 5.53. The van der Waals surface area contributed by atoms with E-state index in [1.807, 2.05) is 36.4 Å². The minimum Gasteiger partial charge on any atom is -0.453 e. The molecule has 1 aliphatic carbocycles. The van der Waals surface area contributed by atoms with Crippen LogP contribution >= 0.6 is 11.3 Å². The lowest BCUT2D eigenvalue weighted by Crippen LogP contribution is -2.09. The number of aryl methyl sites for hydroxylation is 2. The Morgan fingerprint density at radius 1 is 1.16 bits per heavy atom. The highest BCUT2D eigenvalue weighted by Gasteiger charge is 2.18. The predicted octanol–water partition coefficient (Wildman–Crippen LogP) is 3.35. The summed E-state index contributed by atoms with van der Waals surface area (Å²) in [6, 6.07) is 11.5. The quantitative estimate of drug-likeness (QED) is 0.531. The molecule has 0 spiro atoms. The SMILES string of the molecule is O=C(OCc1nnnn1-c1ccccc1)c1cc2c(s1)CCCCC2. The molecule has 0 unspecified atom stereocenters. The summed E-state index contributed by atoms with van der Waals surface area (Å²) in [5.41, 5.74) is 2.14. The lowest BCUT2D eigenvalue weighted by Gasteiger charge is -2.05. The Hall–Kier alpha value is -2.54. The van der Waals surface area contributed by atoms with E-state index in [1.165, 1.54) is 29.7 Å². The maximum atomic E-state index is 12.4. The first-order chi connectivity index (χ1) is 12.3. The molecule has 0 saturated heterocycles. The molecule has 0 atom stereocenters. The maximum Gasteiger partial charge on any atom is 0.348 e. The van der Waals surface area contributed by atoms with Crippen LogP contribution in [0.15, 0.2) is 36.4 Å². The van der Waals surface area contributed by atoms with Crippen molar-refractivity contribution in [2.45, 2.75) is 38.7 Å². The number of carbonyl (C=O) groups excluding carboxylic acids is 1. The van der Waals surface area contributed by atoms with Crippen molar-refractivity contribution >= 4 is 17.3 Å². The van der Waals surface area contributed by atoms with Gasteiger partial charge in [0.15, 0.2) is 12.4 Å². The van der Waals surface area contributed by atoms with Gasteiger partial charge in [-0.25, -0.2) is 4.79 Å². The molecule has 0 amide bonds. The second kappa shape index (κ2) is 7.14. The third-order valence-electron chi connectivity index (χ3n) is 4.31. The van der Waals surface area contributed by atoms with Crippen LogP contribution in [0.5, 0.6) is 0 Å². The van der Waals surface area contributed by atoms with Crippen molar-refractivity contribution in [1.82, 2.24) is 20.2 Å². The van der Waals surface area contributed by atoms with Gasteiger partial charge in [-0.15, -0.1) is 16.4 Å². The van der Waals surface area contributed by atoms with Crippen molar-refractivity contribution in [3.8, 4) is 5.69 Å². The summed E-state index contributed by atoms with van der Waals surface area (Å²) >= 11 is 1.56. The summed E-state index contributed by atoms with van der Waals surface area (Å²) in [4.78, 5) is 14.4. The van der Waals surface area contributed by atoms with E-state index < -0.39 is 0 Å². The molecule has 0 fully saturated rings. The van der Waals surface area contributed by atoms with E-state index in [0.29, 0.717) is 10.7 Å². The topological polar surface area (TPSA) is 69.9 Å². The van der Waals surface area contributed by atoms with E-state index >= 15 is 0 Å². The molecule has 0 bridgehead atoms. The van der Waals surface area contributed by atoms with Crippen molar-refractivity contribution in [2.24, 2.45) is 0 Å². The highest BCUT2D eigenvalue weighted by Crippen LogP contribution is 2.29. The second-order valence-corrected chi connectivity index (χ2v) is 7.18. The van der Waals surface area contributed by atoms with Crippen molar-refractivity contribution in [3.63, 3.8) is 0 Å². The van der Waals surface area contributed by atoms with Gasteiger partial charge in [0.05, 0.1) is 5.69 Å². The number of tetrazole rings is 1. The highest BCUT2D eigenvalue weighted by atomic mass is 32.1. The van der Waals surface area contributed by atoms with Gasteiger partial charge in [-0.1, -0.05) is 24.6 Å². The monoisotopic (exact) mass is 354 g/mol. The molecule has 3 aromatic rings. The van der Waals surface area contributed by atoms with Gasteiger partial charge >= 0.3 is 5.97 Å². The Balaban J connectivity index is 1.46. The number of rotatable bonds is 4. The van der Waals surface area contributed by atoms with Crippen molar-refractivity contribution < 1.29 is 9.53 Å². The summed E-state index contributed by atoms with van der Waals surface area (Å²) in [5.74, 6) is 0.193. The largest absolute Gasteiger partial charge is 0.453 e. The fraction of sp³-hybridized carbons (Fsp3) is 0.333. The molecular weight excluding hydrogens is 336 g/mol. The molecule has 1 aliphatic rings. The minimum absolute atomic E-state index is 0.0449. The Kier molecular flexibility index (Phi) is 4.56. The summed E-state index contributed by atoms with van der Waals surface area (Å²) < 4.78 is 7.03. The predicted molar refractivity (Wildman–Crippen MR) is 93.9 cm³/mol. The number of esters is 1. The average Bonchev–Trinajstić information content (AvgIpc) is 3.22. The molecule has 0 N–H and O–H groups in total. The minimum atomic E-state index is -0.305. The molecule has 0 aliphatic heterocycles. The second-order valence-electron chi connectivity index (χ2n) is 6.04. The van der Waals surface area contributed by atoms with Gasteiger partial charge in [0.25, 0.3) is 0 Å². The van der Waals surface area contributed by atoms with Crippen LogP contribution < -0.4 is 0 Å². The number of carbonyl (C=O) groups is 1. The van der Waals surface area contributed by atoms with E-state index in [4.69, 9.17) is 4.74 Å². The molecule has 7 heteroatoms. The number of hydrogen-bond donors (Lipinski definition) is 0. The molecule has 0 saturated carbocycles. The standard InChI is InChI=1S/C18H18N4O2S/c23-18(16-11-13-7-3-1-6-10-15(13)25-16)24-12-17-19-20-21-22(17)14-8-4-2-5-9-14/h2,4-5,8-9,11H,1,3,6-7,10,12H2. The van der Waals surface area contributed by atoms with Gasteiger partial charge in [0.2, 0.25) is 0 Å². The van der Waals surface area contributed by atoms with E-state index in [0.717, 1.165) is 18.5 Å². The van der Waals surface area contributed by atoms with Crippen molar-refractivity contribution in [2.75, 3.05) is 0 Å². The molecular formula is C18H18N4O2S. The summed E-state index contributed by atoms with van der Waals surface area (Å²) in [5, 5.41) is 11.6. The molecule has 2 heterocycles. The zero-order chi connectivity index (χ0) is 17.1. The molecule has 2 aromatic heterocycles. The van der Waals surface area contributed by atoms with E-state index in [2.05, 4.69) is 15.5 Å². The molecule has 4 rings (SSSR count). The Morgan fingerprint density at radius 2 is 2.00 bits per heavy atom. The summed E-state index contributed by atoms with van der Waals surface area (Å²) in [6.45, 7) is 0.0449. The molecule has 1 aromatic carbocycles. The third kappa shape index (κ3) is 3.46. The lowest BCUT2D eigenvalue weighted by atomic mass is 10.1. The van der Waals surface area contributed by atoms with Crippen molar-refractivity contribution in [1.29, 1.82) is 0 Å². The van der Waals surface area contributed by atoms with Crippen LogP contribution in [0.2, 0.25) is 0 Å². The fourth-order valence-electron chi connectivity index (χ4n) is 3.03. The maximum absolute atomic E-state index is 12.4. The van der Waals surface area contributed by atoms with E-state index in [-0.39, 0.29) is 12.6 Å². The number of thiophene rings is 1. The van der Waals surface area contributed by atoms with Crippen LogP contribution in [0.3, 0.4) is 0 Å². The number of ether oxygens (including phenoxy) is 1. The number of aromatic nitrogens is 4. The van der Waals surface area contributed by atoms with Gasteiger partial charge in [0.1, 0.15) is 4.88 Å². The number of para-hydroxylation sites is 1. The van der Waals surface area contributed by atoms with Crippen LogP contribution in [-0.4, -0.2) is 26.2 Å². The van der Waals surface area contributed by atoms with E-state index in [9.17, 15) is 4.79 Å². The van der Waals surface area contributed by atoms with Crippen LogP contribution in [0.25, 0.3) is 5.69 Å². The number of benzene rings is 1. The van der Waals surface area contributed by atoms with Gasteiger partial charge in [-0.05, 0) is 59.9 Å². The zero-order valence-corrected chi connectivity index (χ0v) is 14.5. The summed E-state index contributed by atoms with van der Waals surface area (Å²) in [6.07, 6.45) is 5.80. The number of hydrogen-bond acceptors (Lipinski definition) is 6. The van der Waals surface area contributed by atoms with Crippen LogP contribution in [-0.2, 0) is 24.2 Å². The van der Waals surface area contributed by atoms with Gasteiger partial charge in [-0.2, -0.15) is 4.68 Å². The fourth-order valence-corrected chi connectivity index (χ4v) is 4.18. The van der Waals surface area contributed by atoms with Gasteiger partial charge in [0, 0.05) is 4.88 Å². The van der Waals surface area contributed by atoms with Crippen molar-refractivity contribution in [3.05, 3.63) is 57.5 Å². The van der Waals surface area contributed by atoms with Gasteiger partial charge in [-0.3, -0.25) is 0 Å². The van der Waals surface area contributed by atoms with Crippen LogP contribution in [0, 0.1) is 0 Å². The molecule has 25 heavy (non-hydrogen) atoms. The molecule has 6 nitrogen and oxygen atoms in total. The number of nitrogens with zero attached hydrogens (tertiary/aromatic N) is 4.